The number of hydrogen-bond acceptors (Lipinski definition) is 5. The second-order valence-corrected chi connectivity index (χ2v) is 9.68. The highest BCUT2D eigenvalue weighted by Gasteiger charge is 2.24. The number of halogens is 1. The summed E-state index contributed by atoms with van der Waals surface area (Å²) in [4.78, 5) is 25.9. The third kappa shape index (κ3) is 5.74. The number of nitrogens with one attached hydrogen (secondary N) is 2. The molecule has 0 radical (unpaired) electrons. The number of anilines is 1. The van der Waals surface area contributed by atoms with E-state index in [0.717, 1.165) is 18.4 Å². The van der Waals surface area contributed by atoms with Gasteiger partial charge >= 0.3 is 0 Å². The second kappa shape index (κ2) is 11.1. The van der Waals surface area contributed by atoms with E-state index in [4.69, 9.17) is 21.9 Å². The number of nitrogens with zero attached hydrogens (tertiary/aromatic N) is 1. The Kier molecular flexibility index (Phi) is 7.88. The smallest absolute Gasteiger partial charge is 0.261 e. The third-order valence-corrected chi connectivity index (χ3v) is 7.06. The number of carbonyl (C=O) groups excluding carboxylic acids is 2. The van der Waals surface area contributed by atoms with E-state index in [1.807, 2.05) is 19.1 Å². The Morgan fingerprint density at radius 1 is 1.11 bits per heavy atom. The van der Waals surface area contributed by atoms with Crippen LogP contribution in [0.4, 0.5) is 5.69 Å². The normalized spacial score (nSPS) is 17.7. The first-order valence-corrected chi connectivity index (χ1v) is 12.4. The van der Waals surface area contributed by atoms with Crippen molar-refractivity contribution in [3.8, 4) is 11.3 Å². The van der Waals surface area contributed by atoms with Crippen LogP contribution in [0.2, 0.25) is 5.02 Å². The van der Waals surface area contributed by atoms with E-state index in [1.54, 1.807) is 37.3 Å². The molecule has 8 heteroatoms. The summed E-state index contributed by atoms with van der Waals surface area (Å²) in [5, 5.41) is 10.5. The fourth-order valence-corrected chi connectivity index (χ4v) is 4.97. The molecule has 3 aromatic rings. The van der Waals surface area contributed by atoms with Gasteiger partial charge in [-0.05, 0) is 81.3 Å². The highest BCUT2D eigenvalue weighted by Crippen LogP contribution is 2.32. The summed E-state index contributed by atoms with van der Waals surface area (Å²) in [7, 11) is 0. The van der Waals surface area contributed by atoms with Crippen molar-refractivity contribution in [1.82, 2.24) is 10.5 Å². The van der Waals surface area contributed by atoms with Crippen LogP contribution in [0.25, 0.3) is 11.3 Å². The van der Waals surface area contributed by atoms with E-state index in [1.165, 1.54) is 12.8 Å². The van der Waals surface area contributed by atoms with Crippen molar-refractivity contribution in [3.05, 3.63) is 69.9 Å². The minimum atomic E-state index is -0.356. The van der Waals surface area contributed by atoms with Crippen molar-refractivity contribution in [2.45, 2.75) is 39.5 Å². The average molecular weight is 495 g/mol. The van der Waals surface area contributed by atoms with Gasteiger partial charge in [-0.25, -0.2) is 0 Å². The van der Waals surface area contributed by atoms with Gasteiger partial charge in [0.2, 0.25) is 0 Å². The van der Waals surface area contributed by atoms with Gasteiger partial charge in [-0.15, -0.1) is 0 Å². The zero-order valence-electron chi connectivity index (χ0n) is 20.1. The van der Waals surface area contributed by atoms with Crippen molar-refractivity contribution < 1.29 is 14.1 Å². The first-order chi connectivity index (χ1) is 16.9. The van der Waals surface area contributed by atoms with E-state index in [9.17, 15) is 9.59 Å². The van der Waals surface area contributed by atoms with Gasteiger partial charge in [-0.1, -0.05) is 41.4 Å². The van der Waals surface area contributed by atoms with Crippen LogP contribution in [0.3, 0.4) is 0 Å². The van der Waals surface area contributed by atoms with Crippen LogP contribution in [0.1, 0.15) is 57.7 Å². The number of aryl methyl sites for hydroxylation is 2. The van der Waals surface area contributed by atoms with Gasteiger partial charge in [0.25, 0.3) is 11.8 Å². The molecule has 35 heavy (non-hydrogen) atoms. The molecule has 1 aliphatic carbocycles. The SMILES string of the molecule is Cc1cc(C(=O)NCC2CCCC(CN)C2)ccc1NC(=O)c1c(-c2ccccc2Cl)noc1C. The van der Waals surface area contributed by atoms with Crippen molar-refractivity contribution in [3.63, 3.8) is 0 Å². The molecule has 0 aliphatic heterocycles. The van der Waals surface area contributed by atoms with Crippen LogP contribution >= 0.6 is 11.6 Å². The maximum Gasteiger partial charge on any atom is 0.261 e. The van der Waals surface area contributed by atoms with Gasteiger partial charge in [0.1, 0.15) is 17.0 Å². The molecule has 4 N–H and O–H groups in total. The number of rotatable bonds is 7. The van der Waals surface area contributed by atoms with Crippen LogP contribution < -0.4 is 16.4 Å². The zero-order chi connectivity index (χ0) is 24.9. The molecule has 7 nitrogen and oxygen atoms in total. The van der Waals surface area contributed by atoms with Crippen molar-refractivity contribution >= 4 is 29.1 Å². The molecule has 0 spiro atoms. The molecule has 0 saturated heterocycles. The lowest BCUT2D eigenvalue weighted by molar-refractivity contribution is 0.0939. The summed E-state index contributed by atoms with van der Waals surface area (Å²) in [6.07, 6.45) is 4.54. The molecule has 184 valence electrons. The molecule has 1 aromatic heterocycles. The maximum absolute atomic E-state index is 13.2. The third-order valence-electron chi connectivity index (χ3n) is 6.73. The topological polar surface area (TPSA) is 110 Å². The summed E-state index contributed by atoms with van der Waals surface area (Å²) in [5.41, 5.74) is 9.10. The monoisotopic (exact) mass is 494 g/mol. The van der Waals surface area contributed by atoms with E-state index in [2.05, 4.69) is 15.8 Å². The molecule has 0 bridgehead atoms. The lowest BCUT2D eigenvalue weighted by atomic mass is 9.81. The minimum Gasteiger partial charge on any atom is -0.360 e. The van der Waals surface area contributed by atoms with Crippen molar-refractivity contribution in [2.24, 2.45) is 17.6 Å². The van der Waals surface area contributed by atoms with Gasteiger partial charge in [0, 0.05) is 23.4 Å². The van der Waals surface area contributed by atoms with Crippen LogP contribution in [0.5, 0.6) is 0 Å². The van der Waals surface area contributed by atoms with Gasteiger partial charge in [-0.2, -0.15) is 0 Å². The molecule has 1 aliphatic rings. The number of hydrogen-bond donors (Lipinski definition) is 3. The second-order valence-electron chi connectivity index (χ2n) is 9.27. The molecular formula is C27H31ClN4O3. The molecule has 2 amide bonds. The lowest BCUT2D eigenvalue weighted by Gasteiger charge is -2.28. The highest BCUT2D eigenvalue weighted by molar-refractivity contribution is 6.33. The van der Waals surface area contributed by atoms with Crippen LogP contribution in [-0.4, -0.2) is 30.1 Å². The Hall–Kier alpha value is -3.16. The van der Waals surface area contributed by atoms with E-state index in [0.29, 0.717) is 63.8 Å². The molecular weight excluding hydrogens is 464 g/mol. The number of benzene rings is 2. The number of aromatic nitrogens is 1. The number of nitrogens with two attached hydrogens (primary N) is 1. The van der Waals surface area contributed by atoms with E-state index < -0.39 is 0 Å². The average Bonchev–Trinajstić information content (AvgIpc) is 3.25. The lowest BCUT2D eigenvalue weighted by Crippen LogP contribution is -2.33. The quantitative estimate of drug-likeness (QED) is 0.409. The summed E-state index contributed by atoms with van der Waals surface area (Å²) >= 11 is 6.31. The molecule has 1 fully saturated rings. The van der Waals surface area contributed by atoms with Gasteiger partial charge < -0.3 is 20.9 Å². The fourth-order valence-electron chi connectivity index (χ4n) is 4.75. The van der Waals surface area contributed by atoms with Gasteiger partial charge in [0.15, 0.2) is 0 Å². The van der Waals surface area contributed by atoms with E-state index in [-0.39, 0.29) is 11.8 Å². The highest BCUT2D eigenvalue weighted by atomic mass is 35.5. The molecule has 2 unspecified atom stereocenters. The summed E-state index contributed by atoms with van der Waals surface area (Å²) in [6, 6.07) is 12.4. The van der Waals surface area contributed by atoms with Crippen molar-refractivity contribution in [2.75, 3.05) is 18.4 Å². The molecule has 1 saturated carbocycles. The number of amides is 2. The van der Waals surface area contributed by atoms with Crippen molar-refractivity contribution in [1.29, 1.82) is 0 Å². The minimum absolute atomic E-state index is 0.114. The maximum atomic E-state index is 13.2. The van der Waals surface area contributed by atoms with Crippen LogP contribution in [0.15, 0.2) is 47.0 Å². The first kappa shape index (κ1) is 24.9. The Bertz CT molecular complexity index is 1220. The largest absolute Gasteiger partial charge is 0.360 e. The Balaban J connectivity index is 1.43. The summed E-state index contributed by atoms with van der Waals surface area (Å²) < 4.78 is 5.31. The summed E-state index contributed by atoms with van der Waals surface area (Å²) in [6.45, 7) is 4.91. The summed E-state index contributed by atoms with van der Waals surface area (Å²) in [5.74, 6) is 0.955. The zero-order valence-corrected chi connectivity index (χ0v) is 20.8. The van der Waals surface area contributed by atoms with E-state index >= 15 is 0 Å². The van der Waals surface area contributed by atoms with Crippen LogP contribution in [0, 0.1) is 25.7 Å². The first-order valence-electron chi connectivity index (χ1n) is 12.0. The molecule has 2 aromatic carbocycles. The van der Waals surface area contributed by atoms with Gasteiger partial charge in [0.05, 0.1) is 5.02 Å². The van der Waals surface area contributed by atoms with Gasteiger partial charge in [-0.3, -0.25) is 9.59 Å². The predicted octanol–water partition coefficient (Wildman–Crippen LogP) is 5.36. The molecule has 4 rings (SSSR count). The Morgan fingerprint density at radius 2 is 1.89 bits per heavy atom. The number of carbonyl (C=O) groups is 2. The van der Waals surface area contributed by atoms with Crippen LogP contribution in [-0.2, 0) is 0 Å². The molecule has 2 atom stereocenters. The predicted molar refractivity (Wildman–Crippen MR) is 138 cm³/mol. The Labute approximate surface area is 210 Å². The Morgan fingerprint density at radius 3 is 2.63 bits per heavy atom. The fraction of sp³-hybridized carbons (Fsp3) is 0.370. The molecule has 1 heterocycles. The standard InChI is InChI=1S/C27H31ClN4O3/c1-16-12-20(26(33)30-15-19-7-5-6-18(13-19)14-29)10-11-23(16)31-27(34)24-17(2)35-32-25(24)21-8-3-4-9-22(21)28/h3-4,8-12,18-19H,5-7,13-15,29H2,1-2H3,(H,30,33)(H,31,34).